The van der Waals surface area contributed by atoms with Crippen LogP contribution in [0.2, 0.25) is 0 Å². The van der Waals surface area contributed by atoms with Crippen LogP contribution in [0.1, 0.15) is 24.0 Å². The zero-order valence-electron chi connectivity index (χ0n) is 11.8. The van der Waals surface area contributed by atoms with Crippen molar-refractivity contribution in [3.63, 3.8) is 0 Å². The Labute approximate surface area is 118 Å². The van der Waals surface area contributed by atoms with Crippen LogP contribution >= 0.6 is 0 Å². The maximum Gasteiger partial charge on any atom is 0.272 e. The van der Waals surface area contributed by atoms with Gasteiger partial charge in [-0.05, 0) is 37.2 Å². The van der Waals surface area contributed by atoms with E-state index in [1.807, 2.05) is 13.0 Å². The molecule has 1 aromatic carbocycles. The van der Waals surface area contributed by atoms with E-state index in [-0.39, 0.29) is 10.6 Å². The minimum Gasteiger partial charge on any atom is -0.327 e. The van der Waals surface area contributed by atoms with Crippen molar-refractivity contribution in [2.75, 3.05) is 13.1 Å². The molecular weight excluding hydrogens is 254 g/mol. The Hall–Kier alpha value is -1.46. The number of likely N-dealkylation sites (tertiary alicyclic amines) is 1. The summed E-state index contributed by atoms with van der Waals surface area (Å²) in [6.45, 7) is 4.76. The van der Waals surface area contributed by atoms with Gasteiger partial charge in [-0.25, -0.2) is 0 Å². The highest BCUT2D eigenvalue weighted by molar-refractivity contribution is 5.44. The molecule has 0 bridgehead atoms. The summed E-state index contributed by atoms with van der Waals surface area (Å²) >= 11 is 0. The number of hydrogen-bond acceptors (Lipinski definition) is 4. The first-order valence-corrected chi connectivity index (χ1v) is 7.27. The van der Waals surface area contributed by atoms with E-state index in [1.165, 1.54) is 6.42 Å². The van der Waals surface area contributed by atoms with E-state index >= 15 is 0 Å². The molecule has 108 valence electrons. The lowest BCUT2D eigenvalue weighted by Crippen LogP contribution is -2.30. The lowest BCUT2D eigenvalue weighted by molar-refractivity contribution is -0.385. The van der Waals surface area contributed by atoms with Gasteiger partial charge in [-0.15, -0.1) is 0 Å². The second-order valence-corrected chi connectivity index (χ2v) is 6.18. The van der Waals surface area contributed by atoms with Crippen molar-refractivity contribution in [2.24, 2.45) is 17.6 Å². The monoisotopic (exact) mass is 275 g/mol. The van der Waals surface area contributed by atoms with Crippen LogP contribution in [0.3, 0.4) is 0 Å². The van der Waals surface area contributed by atoms with Crippen LogP contribution in [0.25, 0.3) is 0 Å². The van der Waals surface area contributed by atoms with Gasteiger partial charge in [0.1, 0.15) is 0 Å². The minimum atomic E-state index is -0.298. The van der Waals surface area contributed by atoms with Crippen molar-refractivity contribution in [3.8, 4) is 0 Å². The standard InChI is InChI=1S/C15H21N3O2/c1-10-11(3-2-4-15(10)18(19)20)7-17-8-12-5-6-14(16)13(12)9-17/h2-4,12-14H,5-9,16H2,1H3. The summed E-state index contributed by atoms with van der Waals surface area (Å²) < 4.78 is 0. The molecule has 0 spiro atoms. The van der Waals surface area contributed by atoms with E-state index in [9.17, 15) is 10.1 Å². The molecule has 1 saturated heterocycles. The molecule has 1 saturated carbocycles. The van der Waals surface area contributed by atoms with Crippen molar-refractivity contribution in [2.45, 2.75) is 32.4 Å². The van der Waals surface area contributed by atoms with Crippen LogP contribution in [0, 0.1) is 28.9 Å². The molecule has 1 aliphatic carbocycles. The van der Waals surface area contributed by atoms with Gasteiger partial charge in [-0.2, -0.15) is 0 Å². The highest BCUT2D eigenvalue weighted by Gasteiger charge is 2.40. The summed E-state index contributed by atoms with van der Waals surface area (Å²) in [4.78, 5) is 13.1. The molecule has 0 amide bonds. The van der Waals surface area contributed by atoms with Crippen LogP contribution in [0.4, 0.5) is 5.69 Å². The quantitative estimate of drug-likeness (QED) is 0.677. The molecule has 20 heavy (non-hydrogen) atoms. The number of rotatable bonds is 3. The van der Waals surface area contributed by atoms with E-state index in [4.69, 9.17) is 5.73 Å². The third-order valence-electron chi connectivity index (χ3n) is 5.00. The van der Waals surface area contributed by atoms with E-state index in [0.29, 0.717) is 12.0 Å². The fraction of sp³-hybridized carbons (Fsp3) is 0.600. The average molecular weight is 275 g/mol. The van der Waals surface area contributed by atoms with Crippen molar-refractivity contribution in [3.05, 3.63) is 39.4 Å². The Kier molecular flexibility index (Phi) is 3.48. The largest absolute Gasteiger partial charge is 0.327 e. The zero-order chi connectivity index (χ0) is 14.3. The van der Waals surface area contributed by atoms with Crippen LogP contribution in [-0.4, -0.2) is 29.0 Å². The summed E-state index contributed by atoms with van der Waals surface area (Å²) in [7, 11) is 0. The van der Waals surface area contributed by atoms with E-state index in [1.54, 1.807) is 12.1 Å². The van der Waals surface area contributed by atoms with Gasteiger partial charge in [-0.1, -0.05) is 12.1 Å². The first kappa shape index (κ1) is 13.5. The van der Waals surface area contributed by atoms with Gasteiger partial charge >= 0.3 is 0 Å². The third kappa shape index (κ3) is 2.31. The number of benzene rings is 1. The lowest BCUT2D eigenvalue weighted by Gasteiger charge is -2.19. The SMILES string of the molecule is Cc1c(CN2CC3CCC(N)C3C2)cccc1[N+](=O)[O-]. The molecule has 3 rings (SSSR count). The number of nitro benzene ring substituents is 1. The predicted octanol–water partition coefficient (Wildman–Crippen LogP) is 2.07. The first-order valence-electron chi connectivity index (χ1n) is 7.27. The highest BCUT2D eigenvalue weighted by atomic mass is 16.6. The van der Waals surface area contributed by atoms with Gasteiger partial charge in [0.2, 0.25) is 0 Å². The lowest BCUT2D eigenvalue weighted by atomic mass is 9.98. The van der Waals surface area contributed by atoms with Crippen molar-refractivity contribution in [1.82, 2.24) is 4.90 Å². The predicted molar refractivity (Wildman–Crippen MR) is 77.3 cm³/mol. The van der Waals surface area contributed by atoms with E-state index in [2.05, 4.69) is 4.90 Å². The second kappa shape index (κ2) is 5.14. The minimum absolute atomic E-state index is 0.221. The van der Waals surface area contributed by atoms with Crippen molar-refractivity contribution in [1.29, 1.82) is 0 Å². The third-order valence-corrected chi connectivity index (χ3v) is 5.00. The summed E-state index contributed by atoms with van der Waals surface area (Å²) in [6, 6.07) is 5.70. The number of nitrogens with two attached hydrogens (primary N) is 1. The molecular formula is C15H21N3O2. The molecule has 1 aliphatic heterocycles. The maximum atomic E-state index is 11.0. The molecule has 2 fully saturated rings. The number of nitrogens with zero attached hydrogens (tertiary/aromatic N) is 2. The van der Waals surface area contributed by atoms with Crippen LogP contribution in [-0.2, 0) is 6.54 Å². The fourth-order valence-corrected chi connectivity index (χ4v) is 3.81. The number of nitro groups is 1. The fourth-order valence-electron chi connectivity index (χ4n) is 3.81. The Morgan fingerprint density at radius 2 is 2.20 bits per heavy atom. The summed E-state index contributed by atoms with van der Waals surface area (Å²) in [6.07, 6.45) is 2.38. The van der Waals surface area contributed by atoms with Crippen LogP contribution < -0.4 is 5.73 Å². The highest BCUT2D eigenvalue weighted by Crippen LogP contribution is 2.38. The first-order chi connectivity index (χ1) is 9.56. The summed E-state index contributed by atoms with van der Waals surface area (Å²) in [5.41, 5.74) is 8.23. The molecule has 1 heterocycles. The second-order valence-electron chi connectivity index (χ2n) is 6.18. The number of hydrogen-bond donors (Lipinski definition) is 1. The Morgan fingerprint density at radius 3 is 2.90 bits per heavy atom. The summed E-state index contributed by atoms with van der Waals surface area (Å²) in [5.74, 6) is 1.35. The molecule has 1 aromatic rings. The Morgan fingerprint density at radius 1 is 1.40 bits per heavy atom. The molecule has 5 heteroatoms. The molecule has 2 N–H and O–H groups in total. The summed E-state index contributed by atoms with van der Waals surface area (Å²) in [5, 5.41) is 11.0. The van der Waals surface area contributed by atoms with Gasteiger partial charge in [0.05, 0.1) is 4.92 Å². The smallest absolute Gasteiger partial charge is 0.272 e. The van der Waals surface area contributed by atoms with E-state index in [0.717, 1.165) is 43.1 Å². The molecule has 2 aliphatic rings. The normalized spacial score (nSPS) is 29.6. The molecule has 5 nitrogen and oxygen atoms in total. The van der Waals surface area contributed by atoms with Crippen LogP contribution in [0.5, 0.6) is 0 Å². The molecule has 0 radical (unpaired) electrons. The topological polar surface area (TPSA) is 72.4 Å². The zero-order valence-corrected chi connectivity index (χ0v) is 11.8. The molecule has 3 atom stereocenters. The van der Waals surface area contributed by atoms with Crippen molar-refractivity contribution < 1.29 is 4.92 Å². The molecule has 3 unspecified atom stereocenters. The van der Waals surface area contributed by atoms with Gasteiger partial charge in [0.15, 0.2) is 0 Å². The van der Waals surface area contributed by atoms with Crippen LogP contribution in [0.15, 0.2) is 18.2 Å². The van der Waals surface area contributed by atoms with Gasteiger partial charge in [-0.3, -0.25) is 15.0 Å². The van der Waals surface area contributed by atoms with Gasteiger partial charge in [0, 0.05) is 37.3 Å². The maximum absolute atomic E-state index is 11.0. The van der Waals surface area contributed by atoms with E-state index < -0.39 is 0 Å². The Balaban J connectivity index is 1.73. The van der Waals surface area contributed by atoms with Gasteiger partial charge < -0.3 is 5.73 Å². The molecule has 0 aromatic heterocycles. The average Bonchev–Trinajstić information content (AvgIpc) is 2.94. The number of fused-ring (bicyclic) bond motifs is 1. The van der Waals surface area contributed by atoms with Crippen molar-refractivity contribution >= 4 is 5.69 Å². The Bertz CT molecular complexity index is 532. The van der Waals surface area contributed by atoms with Gasteiger partial charge in [0.25, 0.3) is 5.69 Å².